The highest BCUT2D eigenvalue weighted by Gasteiger charge is 2.31. The molecule has 5 nitrogen and oxygen atoms in total. The summed E-state index contributed by atoms with van der Waals surface area (Å²) in [5.41, 5.74) is 0.0457. The van der Waals surface area contributed by atoms with Crippen molar-refractivity contribution in [2.24, 2.45) is 0 Å². The molecule has 2 aromatic carbocycles. The average molecular weight is 406 g/mol. The number of amides is 1. The first-order valence-corrected chi connectivity index (χ1v) is 8.79. The van der Waals surface area contributed by atoms with E-state index < -0.39 is 29.2 Å². The van der Waals surface area contributed by atoms with Gasteiger partial charge in [0.2, 0.25) is 5.82 Å². The van der Waals surface area contributed by atoms with Crippen molar-refractivity contribution in [2.75, 3.05) is 5.32 Å². The molecule has 0 radical (unpaired) electrons. The molecule has 1 heterocycles. The summed E-state index contributed by atoms with van der Waals surface area (Å²) < 4.78 is 53.9. The van der Waals surface area contributed by atoms with E-state index in [1.807, 2.05) is 38.1 Å². The Bertz CT molecular complexity index is 1060. The van der Waals surface area contributed by atoms with Gasteiger partial charge in [-0.25, -0.2) is 14.1 Å². The number of carbonyl (C=O) groups is 1. The van der Waals surface area contributed by atoms with Gasteiger partial charge in [0.25, 0.3) is 5.91 Å². The third-order valence-electron chi connectivity index (χ3n) is 4.30. The molecule has 0 bridgehead atoms. The maximum absolute atomic E-state index is 13.9. The lowest BCUT2D eigenvalue weighted by molar-refractivity contribution is -0.137. The van der Waals surface area contributed by atoms with Gasteiger partial charge in [0.05, 0.1) is 16.9 Å². The number of rotatable bonds is 4. The minimum absolute atomic E-state index is 0.186. The highest BCUT2D eigenvalue weighted by atomic mass is 19.4. The Morgan fingerprint density at radius 2 is 1.83 bits per heavy atom. The van der Waals surface area contributed by atoms with Crippen LogP contribution in [-0.4, -0.2) is 20.7 Å². The van der Waals surface area contributed by atoms with Crippen LogP contribution < -0.4 is 5.32 Å². The van der Waals surface area contributed by atoms with Gasteiger partial charge in [-0.05, 0) is 42.7 Å². The standard InChI is InChI=1S/C20H18F4N4O/c1-11(2)14-6-4-5-7-17(14)28-12(3)25-18(27-28)19(29)26-16-10-13(20(22,23)24)8-9-15(16)21/h4-11H,1-3H3,(H,26,29). The van der Waals surface area contributed by atoms with Crippen molar-refractivity contribution in [3.63, 3.8) is 0 Å². The van der Waals surface area contributed by atoms with Crippen LogP contribution >= 0.6 is 0 Å². The summed E-state index contributed by atoms with van der Waals surface area (Å²) in [5.74, 6) is -1.59. The van der Waals surface area contributed by atoms with Crippen molar-refractivity contribution in [3.05, 3.63) is 71.1 Å². The monoisotopic (exact) mass is 406 g/mol. The maximum Gasteiger partial charge on any atom is 0.416 e. The molecular weight excluding hydrogens is 388 g/mol. The zero-order chi connectivity index (χ0) is 21.3. The predicted molar refractivity (Wildman–Crippen MR) is 99.5 cm³/mol. The van der Waals surface area contributed by atoms with Crippen LogP contribution in [0.2, 0.25) is 0 Å². The van der Waals surface area contributed by atoms with Crippen LogP contribution in [0, 0.1) is 12.7 Å². The lowest BCUT2D eigenvalue weighted by atomic mass is 10.0. The van der Waals surface area contributed by atoms with E-state index in [-0.39, 0.29) is 11.7 Å². The van der Waals surface area contributed by atoms with Crippen LogP contribution in [0.25, 0.3) is 5.69 Å². The minimum atomic E-state index is -4.66. The first-order chi connectivity index (χ1) is 13.6. The van der Waals surface area contributed by atoms with Crippen LogP contribution in [0.5, 0.6) is 0 Å². The van der Waals surface area contributed by atoms with E-state index in [9.17, 15) is 22.4 Å². The molecule has 0 unspecified atom stereocenters. The van der Waals surface area contributed by atoms with Crippen molar-refractivity contribution >= 4 is 11.6 Å². The van der Waals surface area contributed by atoms with E-state index in [0.29, 0.717) is 24.0 Å². The number of nitrogens with zero attached hydrogens (tertiary/aromatic N) is 3. The van der Waals surface area contributed by atoms with Crippen molar-refractivity contribution in [2.45, 2.75) is 32.9 Å². The molecule has 152 valence electrons. The van der Waals surface area contributed by atoms with Gasteiger partial charge in [0.15, 0.2) is 0 Å². The van der Waals surface area contributed by atoms with Gasteiger partial charge in [0, 0.05) is 0 Å². The van der Waals surface area contributed by atoms with E-state index in [0.717, 1.165) is 11.3 Å². The smallest absolute Gasteiger partial charge is 0.317 e. The number of aryl methyl sites for hydroxylation is 1. The number of alkyl halides is 3. The molecule has 29 heavy (non-hydrogen) atoms. The van der Waals surface area contributed by atoms with Gasteiger partial charge in [-0.2, -0.15) is 13.2 Å². The summed E-state index contributed by atoms with van der Waals surface area (Å²) in [7, 11) is 0. The normalized spacial score (nSPS) is 11.7. The molecule has 0 saturated heterocycles. The number of carbonyl (C=O) groups excluding carboxylic acids is 1. The predicted octanol–water partition coefficient (Wildman–Crippen LogP) is 5.11. The number of hydrogen-bond acceptors (Lipinski definition) is 3. The quantitative estimate of drug-likeness (QED) is 0.613. The largest absolute Gasteiger partial charge is 0.416 e. The van der Waals surface area contributed by atoms with Crippen molar-refractivity contribution in [3.8, 4) is 5.69 Å². The van der Waals surface area contributed by atoms with E-state index in [2.05, 4.69) is 15.4 Å². The number of para-hydroxylation sites is 1. The van der Waals surface area contributed by atoms with Gasteiger partial charge in [-0.15, -0.1) is 5.10 Å². The second-order valence-corrected chi connectivity index (χ2v) is 6.75. The number of halogens is 4. The fourth-order valence-corrected chi connectivity index (χ4v) is 2.86. The van der Waals surface area contributed by atoms with Gasteiger partial charge in [-0.1, -0.05) is 32.0 Å². The first kappa shape index (κ1) is 20.5. The molecule has 0 aliphatic heterocycles. The van der Waals surface area contributed by atoms with E-state index >= 15 is 0 Å². The topological polar surface area (TPSA) is 59.8 Å². The van der Waals surface area contributed by atoms with Gasteiger partial charge < -0.3 is 5.32 Å². The SMILES string of the molecule is Cc1nc(C(=O)Nc2cc(C(F)(F)F)ccc2F)nn1-c1ccccc1C(C)C. The number of hydrogen-bond donors (Lipinski definition) is 1. The fourth-order valence-electron chi connectivity index (χ4n) is 2.86. The second kappa shape index (κ2) is 7.65. The lowest BCUT2D eigenvalue weighted by Crippen LogP contribution is -2.16. The van der Waals surface area contributed by atoms with E-state index in [1.54, 1.807) is 6.92 Å². The van der Waals surface area contributed by atoms with E-state index in [1.165, 1.54) is 4.68 Å². The van der Waals surface area contributed by atoms with Crippen LogP contribution in [0.4, 0.5) is 23.2 Å². The summed E-state index contributed by atoms with van der Waals surface area (Å²) in [6.07, 6.45) is -4.66. The van der Waals surface area contributed by atoms with Gasteiger partial charge in [0.1, 0.15) is 11.6 Å². The van der Waals surface area contributed by atoms with Crippen molar-refractivity contribution < 1.29 is 22.4 Å². The molecule has 0 saturated carbocycles. The summed E-state index contributed by atoms with van der Waals surface area (Å²) in [4.78, 5) is 16.5. The zero-order valence-corrected chi connectivity index (χ0v) is 15.9. The summed E-state index contributed by atoms with van der Waals surface area (Å²) in [6.45, 7) is 5.66. The summed E-state index contributed by atoms with van der Waals surface area (Å²) in [5, 5.41) is 6.28. The highest BCUT2D eigenvalue weighted by molar-refractivity contribution is 6.01. The molecule has 9 heteroatoms. The third kappa shape index (κ3) is 4.28. The van der Waals surface area contributed by atoms with Gasteiger partial charge in [-0.3, -0.25) is 4.79 Å². The van der Waals surface area contributed by atoms with Crippen molar-refractivity contribution in [1.29, 1.82) is 0 Å². The molecule has 1 aromatic heterocycles. The van der Waals surface area contributed by atoms with Crippen LogP contribution in [0.15, 0.2) is 42.5 Å². The summed E-state index contributed by atoms with van der Waals surface area (Å²) in [6, 6.07) is 9.24. The van der Waals surface area contributed by atoms with Crippen LogP contribution in [0.3, 0.4) is 0 Å². The Kier molecular flexibility index (Phi) is 5.41. The number of benzene rings is 2. The Hall–Kier alpha value is -3.23. The Labute approximate surface area is 164 Å². The fraction of sp³-hybridized carbons (Fsp3) is 0.250. The third-order valence-corrected chi connectivity index (χ3v) is 4.30. The molecule has 3 aromatic rings. The second-order valence-electron chi connectivity index (χ2n) is 6.75. The number of anilines is 1. The minimum Gasteiger partial charge on any atom is -0.317 e. The van der Waals surface area contributed by atoms with Crippen LogP contribution in [0.1, 0.15) is 47.3 Å². The Balaban J connectivity index is 1.93. The van der Waals surface area contributed by atoms with Gasteiger partial charge >= 0.3 is 6.18 Å². The lowest BCUT2D eigenvalue weighted by Gasteiger charge is -2.12. The molecule has 1 N–H and O–H groups in total. The molecule has 0 spiro atoms. The highest BCUT2D eigenvalue weighted by Crippen LogP contribution is 2.32. The molecule has 0 aliphatic carbocycles. The van der Waals surface area contributed by atoms with Crippen LogP contribution in [-0.2, 0) is 6.18 Å². The Morgan fingerprint density at radius 3 is 2.48 bits per heavy atom. The molecular formula is C20H18F4N4O. The maximum atomic E-state index is 13.9. The van der Waals surface area contributed by atoms with E-state index in [4.69, 9.17) is 0 Å². The number of nitrogens with one attached hydrogen (secondary N) is 1. The molecule has 3 rings (SSSR count). The first-order valence-electron chi connectivity index (χ1n) is 8.79. The average Bonchev–Trinajstić information content (AvgIpc) is 3.04. The Morgan fingerprint density at radius 1 is 1.14 bits per heavy atom. The summed E-state index contributed by atoms with van der Waals surface area (Å²) >= 11 is 0. The van der Waals surface area contributed by atoms with Crippen molar-refractivity contribution in [1.82, 2.24) is 14.8 Å². The molecule has 1 amide bonds. The molecule has 0 atom stereocenters. The number of aromatic nitrogens is 3. The molecule has 0 aliphatic rings. The molecule has 0 fully saturated rings. The zero-order valence-electron chi connectivity index (χ0n) is 15.9.